The fourth-order valence-electron chi connectivity index (χ4n) is 0.847. The molecule has 0 fully saturated rings. The minimum absolute atomic E-state index is 0.486. The van der Waals surface area contributed by atoms with E-state index in [-0.39, 0.29) is 0 Å². The Bertz CT molecular complexity index is 253. The predicted octanol–water partition coefficient (Wildman–Crippen LogP) is 0.509. The lowest BCUT2D eigenvalue weighted by atomic mass is 9.87. The number of rotatable bonds is 5. The molecule has 0 aliphatic carbocycles. The molecule has 0 atom stereocenters. The SMILES string of the molecule is CCC[B]N(NC)c1nnc(N)s1. The molecule has 3 N–H and O–H groups in total. The molecular formula is C6H13BN5S. The Hall–Kier alpha value is -0.815. The zero-order valence-corrected chi connectivity index (χ0v) is 8.64. The van der Waals surface area contributed by atoms with Crippen molar-refractivity contribution in [2.75, 3.05) is 17.7 Å². The number of nitrogens with zero attached hydrogens (tertiary/aromatic N) is 3. The van der Waals surface area contributed by atoms with E-state index in [1.54, 1.807) is 0 Å². The van der Waals surface area contributed by atoms with Gasteiger partial charge in [0.1, 0.15) is 0 Å². The quantitative estimate of drug-likeness (QED) is 0.533. The number of nitrogen functional groups attached to an aromatic ring is 1. The Morgan fingerprint density at radius 1 is 1.62 bits per heavy atom. The molecule has 0 aliphatic heterocycles. The Morgan fingerprint density at radius 3 is 2.85 bits per heavy atom. The van der Waals surface area contributed by atoms with E-state index in [0.29, 0.717) is 5.13 Å². The van der Waals surface area contributed by atoms with Crippen molar-refractivity contribution >= 4 is 29.0 Å². The fraction of sp³-hybridized carbons (Fsp3) is 0.667. The minimum Gasteiger partial charge on any atom is -0.374 e. The number of hydrogen-bond acceptors (Lipinski definition) is 6. The molecule has 1 aromatic rings. The lowest BCUT2D eigenvalue weighted by Crippen LogP contribution is -2.38. The van der Waals surface area contributed by atoms with Crippen molar-refractivity contribution in [3.05, 3.63) is 0 Å². The van der Waals surface area contributed by atoms with Gasteiger partial charge in [0.15, 0.2) is 0 Å². The average Bonchev–Trinajstić information content (AvgIpc) is 2.54. The molecule has 0 bridgehead atoms. The van der Waals surface area contributed by atoms with Gasteiger partial charge in [-0.25, -0.2) is 5.43 Å². The summed E-state index contributed by atoms with van der Waals surface area (Å²) in [5, 5.41) is 8.91. The van der Waals surface area contributed by atoms with Crippen molar-refractivity contribution in [2.45, 2.75) is 19.7 Å². The van der Waals surface area contributed by atoms with Gasteiger partial charge >= 0.3 is 0 Å². The molecule has 1 rings (SSSR count). The highest BCUT2D eigenvalue weighted by molar-refractivity contribution is 7.19. The van der Waals surface area contributed by atoms with Gasteiger partial charge in [-0.1, -0.05) is 31.0 Å². The number of nitrogens with two attached hydrogens (primary N) is 1. The molecule has 1 aromatic heterocycles. The summed E-state index contributed by atoms with van der Waals surface area (Å²) in [6.45, 7) is 2.12. The topological polar surface area (TPSA) is 67.1 Å². The maximum atomic E-state index is 5.48. The number of aromatic nitrogens is 2. The molecule has 0 saturated carbocycles. The third-order valence-corrected chi connectivity index (χ3v) is 2.23. The van der Waals surface area contributed by atoms with E-state index in [0.717, 1.165) is 17.9 Å². The van der Waals surface area contributed by atoms with Crippen LogP contribution in [0, 0.1) is 0 Å². The van der Waals surface area contributed by atoms with Crippen LogP contribution in [0.3, 0.4) is 0 Å². The van der Waals surface area contributed by atoms with E-state index in [2.05, 4.69) is 22.5 Å². The summed E-state index contributed by atoms with van der Waals surface area (Å²) in [4.78, 5) is 1.83. The second-order valence-corrected chi connectivity index (χ2v) is 3.48. The Balaban J connectivity index is 2.56. The van der Waals surface area contributed by atoms with Crippen molar-refractivity contribution in [3.63, 3.8) is 0 Å². The normalized spacial score (nSPS) is 10.0. The molecule has 7 heteroatoms. The van der Waals surface area contributed by atoms with E-state index in [1.807, 2.05) is 19.4 Å². The molecule has 13 heavy (non-hydrogen) atoms. The smallest absolute Gasteiger partial charge is 0.272 e. The highest BCUT2D eigenvalue weighted by Gasteiger charge is 2.09. The lowest BCUT2D eigenvalue weighted by molar-refractivity contribution is 0.853. The summed E-state index contributed by atoms with van der Waals surface area (Å²) in [6.07, 6.45) is 2.10. The summed E-state index contributed by atoms with van der Waals surface area (Å²) >= 11 is 1.36. The van der Waals surface area contributed by atoms with E-state index >= 15 is 0 Å². The highest BCUT2D eigenvalue weighted by atomic mass is 32.1. The van der Waals surface area contributed by atoms with Gasteiger partial charge in [0.25, 0.3) is 7.41 Å². The Labute approximate surface area is 82.6 Å². The van der Waals surface area contributed by atoms with Crippen LogP contribution in [0.4, 0.5) is 10.3 Å². The lowest BCUT2D eigenvalue weighted by Gasteiger charge is -2.18. The molecule has 1 radical (unpaired) electrons. The first kappa shape index (κ1) is 10.3. The van der Waals surface area contributed by atoms with Crippen molar-refractivity contribution in [2.24, 2.45) is 0 Å². The van der Waals surface area contributed by atoms with Crippen LogP contribution in [-0.4, -0.2) is 24.7 Å². The van der Waals surface area contributed by atoms with E-state index in [4.69, 9.17) is 5.73 Å². The van der Waals surface area contributed by atoms with Gasteiger partial charge < -0.3 is 10.7 Å². The number of hydrogen-bond donors (Lipinski definition) is 2. The Kier molecular flexibility index (Phi) is 3.97. The fourth-order valence-corrected chi connectivity index (χ4v) is 1.46. The van der Waals surface area contributed by atoms with Crippen LogP contribution in [0.5, 0.6) is 0 Å². The van der Waals surface area contributed by atoms with Crippen LogP contribution in [0.1, 0.15) is 13.3 Å². The van der Waals surface area contributed by atoms with Gasteiger partial charge in [-0.3, -0.25) is 0 Å². The van der Waals surface area contributed by atoms with Gasteiger partial charge in [0.05, 0.1) is 0 Å². The predicted molar refractivity (Wildman–Crippen MR) is 56.7 cm³/mol. The first-order valence-electron chi connectivity index (χ1n) is 4.16. The summed E-state index contributed by atoms with van der Waals surface area (Å²) in [7, 11) is 3.86. The summed E-state index contributed by atoms with van der Waals surface area (Å²) in [5.74, 6) is 0. The summed E-state index contributed by atoms with van der Waals surface area (Å²) in [5.41, 5.74) is 8.47. The largest absolute Gasteiger partial charge is 0.374 e. The van der Waals surface area contributed by atoms with Gasteiger partial charge in [0, 0.05) is 7.05 Å². The molecule has 71 valence electrons. The molecule has 0 aliphatic rings. The first-order valence-corrected chi connectivity index (χ1v) is 4.98. The molecule has 0 amide bonds. The van der Waals surface area contributed by atoms with Crippen LogP contribution in [0.2, 0.25) is 6.32 Å². The van der Waals surface area contributed by atoms with Gasteiger partial charge in [-0.15, -0.1) is 10.2 Å². The monoisotopic (exact) mass is 198 g/mol. The zero-order chi connectivity index (χ0) is 9.68. The van der Waals surface area contributed by atoms with E-state index < -0.39 is 0 Å². The van der Waals surface area contributed by atoms with Crippen LogP contribution in [0.25, 0.3) is 0 Å². The molecule has 1 heterocycles. The third-order valence-electron chi connectivity index (χ3n) is 1.48. The highest BCUT2D eigenvalue weighted by Crippen LogP contribution is 2.19. The van der Waals surface area contributed by atoms with Crippen LogP contribution in [-0.2, 0) is 0 Å². The van der Waals surface area contributed by atoms with E-state index in [1.165, 1.54) is 11.3 Å². The molecule has 0 aromatic carbocycles. The second kappa shape index (κ2) is 5.03. The molecule has 0 spiro atoms. The van der Waals surface area contributed by atoms with Crippen molar-refractivity contribution < 1.29 is 0 Å². The minimum atomic E-state index is 0.486. The summed E-state index contributed by atoms with van der Waals surface area (Å²) in [6, 6.07) is 0. The van der Waals surface area contributed by atoms with Crippen molar-refractivity contribution in [1.82, 2.24) is 15.6 Å². The third kappa shape index (κ3) is 2.85. The number of nitrogens with one attached hydrogen (secondary N) is 1. The molecule has 0 unspecified atom stereocenters. The van der Waals surface area contributed by atoms with Crippen LogP contribution < -0.4 is 16.1 Å². The van der Waals surface area contributed by atoms with E-state index in [9.17, 15) is 0 Å². The van der Waals surface area contributed by atoms with Crippen LogP contribution >= 0.6 is 11.3 Å². The van der Waals surface area contributed by atoms with Crippen LogP contribution in [0.15, 0.2) is 0 Å². The Morgan fingerprint density at radius 2 is 2.38 bits per heavy atom. The van der Waals surface area contributed by atoms with Crippen molar-refractivity contribution in [1.29, 1.82) is 0 Å². The van der Waals surface area contributed by atoms with Gasteiger partial charge in [-0.05, 0) is 0 Å². The zero-order valence-electron chi connectivity index (χ0n) is 7.82. The molecule has 5 nitrogen and oxygen atoms in total. The molecular weight excluding hydrogens is 185 g/mol. The van der Waals surface area contributed by atoms with Crippen molar-refractivity contribution in [3.8, 4) is 0 Å². The van der Waals surface area contributed by atoms with Gasteiger partial charge in [0.2, 0.25) is 10.3 Å². The standard InChI is InChI=1S/C6H13BN5S/c1-3-4-7-12(9-2)6-11-10-5(8)13-6/h9H,3-4H2,1-2H3,(H2,8,10). The number of hydrazine groups is 1. The number of anilines is 2. The van der Waals surface area contributed by atoms with Gasteiger partial charge in [-0.2, -0.15) is 0 Å². The average molecular weight is 198 g/mol. The second-order valence-electron chi connectivity index (χ2n) is 2.49. The maximum absolute atomic E-state index is 5.48. The first-order chi connectivity index (χ1) is 6.27. The summed E-state index contributed by atoms with van der Waals surface area (Å²) < 4.78 is 0. The molecule has 0 saturated heterocycles. The maximum Gasteiger partial charge on any atom is 0.272 e.